The molecule has 1 aliphatic rings. The van der Waals surface area contributed by atoms with E-state index < -0.39 is 10.0 Å². The second-order valence-corrected chi connectivity index (χ2v) is 10.4. The molecule has 30 heavy (non-hydrogen) atoms. The van der Waals surface area contributed by atoms with Gasteiger partial charge in [0, 0.05) is 29.6 Å². The van der Waals surface area contributed by atoms with Gasteiger partial charge in [-0.3, -0.25) is 9.10 Å². The molecule has 0 radical (unpaired) electrons. The first-order chi connectivity index (χ1) is 14.3. The molecule has 4 rings (SSSR count). The maximum atomic E-state index is 12.5. The summed E-state index contributed by atoms with van der Waals surface area (Å²) in [5.41, 5.74) is 5.34. The van der Waals surface area contributed by atoms with Crippen molar-refractivity contribution in [3.8, 4) is 11.3 Å². The maximum Gasteiger partial charge on any atom is 0.251 e. The van der Waals surface area contributed by atoms with Crippen LogP contribution in [-0.2, 0) is 22.9 Å². The molecule has 1 aliphatic heterocycles. The lowest BCUT2D eigenvalue weighted by Crippen LogP contribution is -2.27. The second-order valence-electron chi connectivity index (χ2n) is 7.38. The Morgan fingerprint density at radius 3 is 2.63 bits per heavy atom. The number of carbonyl (C=O) groups is 1. The van der Waals surface area contributed by atoms with Gasteiger partial charge in [-0.05, 0) is 49.1 Å². The molecule has 2 aromatic carbocycles. The van der Waals surface area contributed by atoms with Crippen LogP contribution >= 0.6 is 11.3 Å². The average Bonchev–Trinajstić information content (AvgIpc) is 3.34. The van der Waals surface area contributed by atoms with Crippen molar-refractivity contribution in [1.82, 2.24) is 10.3 Å². The third-order valence-corrected chi connectivity index (χ3v) is 7.12. The van der Waals surface area contributed by atoms with E-state index in [1.54, 1.807) is 29.5 Å². The Labute approximate surface area is 180 Å². The fraction of sp³-hybridized carbons (Fsp3) is 0.273. The van der Waals surface area contributed by atoms with Crippen molar-refractivity contribution in [3.63, 3.8) is 0 Å². The number of aromatic nitrogens is 1. The minimum atomic E-state index is -3.28. The summed E-state index contributed by atoms with van der Waals surface area (Å²) >= 11 is 1.64. The van der Waals surface area contributed by atoms with Crippen molar-refractivity contribution in [2.24, 2.45) is 0 Å². The number of fused-ring (bicyclic) bond motifs is 1. The number of nitrogens with zero attached hydrogens (tertiary/aromatic N) is 2. The lowest BCUT2D eigenvalue weighted by atomic mass is 10.1. The van der Waals surface area contributed by atoms with Crippen LogP contribution in [0.15, 0.2) is 47.8 Å². The number of nitrogens with one attached hydrogen (secondary N) is 1. The molecule has 0 aliphatic carbocycles. The van der Waals surface area contributed by atoms with Crippen molar-refractivity contribution in [3.05, 3.63) is 69.5 Å². The summed E-state index contributed by atoms with van der Waals surface area (Å²) in [4.78, 5) is 17.0. The van der Waals surface area contributed by atoms with Crippen molar-refractivity contribution in [2.45, 2.75) is 19.8 Å². The Balaban J connectivity index is 1.34. The highest BCUT2D eigenvalue weighted by atomic mass is 32.2. The monoisotopic (exact) mass is 441 g/mol. The fourth-order valence-electron chi connectivity index (χ4n) is 3.62. The first kappa shape index (κ1) is 20.6. The number of carbonyl (C=O) groups excluding carboxylic acids is 1. The molecule has 0 fully saturated rings. The Morgan fingerprint density at radius 2 is 1.97 bits per heavy atom. The third-order valence-electron chi connectivity index (χ3n) is 5.16. The van der Waals surface area contributed by atoms with Crippen LogP contribution in [-0.4, -0.2) is 38.7 Å². The van der Waals surface area contributed by atoms with Crippen molar-refractivity contribution < 1.29 is 13.2 Å². The molecule has 0 spiro atoms. The second kappa shape index (κ2) is 8.20. The molecule has 156 valence electrons. The first-order valence-corrected chi connectivity index (χ1v) is 12.4. The number of amides is 1. The molecule has 1 aromatic heterocycles. The number of rotatable bonds is 6. The summed E-state index contributed by atoms with van der Waals surface area (Å²) in [6.07, 6.45) is 2.55. The molecular formula is C22H23N3O3S2. The van der Waals surface area contributed by atoms with Crippen LogP contribution < -0.4 is 9.62 Å². The van der Waals surface area contributed by atoms with Gasteiger partial charge in [-0.1, -0.05) is 24.3 Å². The summed E-state index contributed by atoms with van der Waals surface area (Å²) in [5, 5.41) is 6.05. The predicted molar refractivity (Wildman–Crippen MR) is 121 cm³/mol. The Hall–Kier alpha value is -2.71. The lowest BCUT2D eigenvalue weighted by Gasteiger charge is -2.16. The van der Waals surface area contributed by atoms with Crippen LogP contribution in [0.1, 0.15) is 26.5 Å². The smallest absolute Gasteiger partial charge is 0.251 e. The molecule has 0 saturated carbocycles. The molecule has 1 N–H and O–H groups in total. The number of hydrogen-bond donors (Lipinski definition) is 1. The van der Waals surface area contributed by atoms with E-state index in [1.807, 2.05) is 6.92 Å². The highest BCUT2D eigenvalue weighted by Crippen LogP contribution is 2.30. The van der Waals surface area contributed by atoms with Gasteiger partial charge in [0.25, 0.3) is 5.91 Å². The molecule has 1 amide bonds. The maximum absolute atomic E-state index is 12.5. The number of aryl methyl sites for hydroxylation is 1. The molecule has 0 saturated heterocycles. The van der Waals surface area contributed by atoms with Gasteiger partial charge < -0.3 is 5.32 Å². The number of benzene rings is 2. The van der Waals surface area contributed by atoms with Crippen LogP contribution in [0.2, 0.25) is 0 Å². The van der Waals surface area contributed by atoms with E-state index >= 15 is 0 Å². The highest BCUT2D eigenvalue weighted by molar-refractivity contribution is 7.92. The molecule has 2 heterocycles. The minimum absolute atomic E-state index is 0.148. The standard InChI is InChI=1S/C22H23N3O3S2/c1-15-24-20(14-29-15)17-5-3-16(4-6-17)9-11-23-22(26)19-7-8-21-18(13-19)10-12-25(21)30(2,27)28/h3-8,13-14H,9-12H2,1-2H3,(H,23,26). The van der Waals surface area contributed by atoms with E-state index in [4.69, 9.17) is 0 Å². The van der Waals surface area contributed by atoms with Gasteiger partial charge in [-0.25, -0.2) is 13.4 Å². The van der Waals surface area contributed by atoms with Gasteiger partial charge in [0.15, 0.2) is 0 Å². The Bertz CT molecular complexity index is 1180. The molecule has 0 unspecified atom stereocenters. The molecule has 8 heteroatoms. The average molecular weight is 442 g/mol. The molecular weight excluding hydrogens is 418 g/mol. The van der Waals surface area contributed by atoms with Crippen LogP contribution in [0, 0.1) is 6.92 Å². The van der Waals surface area contributed by atoms with E-state index in [0.29, 0.717) is 30.8 Å². The normalized spacial score (nSPS) is 13.3. The summed E-state index contributed by atoms with van der Waals surface area (Å²) in [6, 6.07) is 13.4. The summed E-state index contributed by atoms with van der Waals surface area (Å²) in [6.45, 7) is 2.95. The van der Waals surface area contributed by atoms with Crippen LogP contribution in [0.3, 0.4) is 0 Å². The molecule has 0 bridgehead atoms. The predicted octanol–water partition coefficient (Wildman–Crippen LogP) is 3.41. The van der Waals surface area contributed by atoms with Gasteiger partial charge in [0.1, 0.15) is 0 Å². The van der Waals surface area contributed by atoms with E-state index in [0.717, 1.165) is 33.8 Å². The number of sulfonamides is 1. The lowest BCUT2D eigenvalue weighted by molar-refractivity contribution is 0.0954. The topological polar surface area (TPSA) is 79.4 Å². The zero-order valence-corrected chi connectivity index (χ0v) is 18.5. The van der Waals surface area contributed by atoms with Gasteiger partial charge in [-0.15, -0.1) is 11.3 Å². The first-order valence-electron chi connectivity index (χ1n) is 9.71. The third kappa shape index (κ3) is 4.39. The summed E-state index contributed by atoms with van der Waals surface area (Å²) in [7, 11) is -3.28. The Kier molecular flexibility index (Phi) is 5.62. The van der Waals surface area contributed by atoms with E-state index in [1.165, 1.54) is 10.6 Å². The van der Waals surface area contributed by atoms with Crippen molar-refractivity contribution in [1.29, 1.82) is 0 Å². The van der Waals surface area contributed by atoms with Crippen LogP contribution in [0.25, 0.3) is 11.3 Å². The summed E-state index contributed by atoms with van der Waals surface area (Å²) < 4.78 is 25.1. The number of anilines is 1. The number of thiazole rings is 1. The zero-order valence-electron chi connectivity index (χ0n) is 16.9. The fourth-order valence-corrected chi connectivity index (χ4v) is 5.20. The zero-order chi connectivity index (χ0) is 21.3. The summed E-state index contributed by atoms with van der Waals surface area (Å²) in [5.74, 6) is -0.148. The van der Waals surface area contributed by atoms with E-state index in [-0.39, 0.29) is 5.91 Å². The van der Waals surface area contributed by atoms with Crippen molar-refractivity contribution >= 4 is 33.0 Å². The molecule has 3 aromatic rings. The SMILES string of the molecule is Cc1nc(-c2ccc(CCNC(=O)c3ccc4c(c3)CCN4S(C)(=O)=O)cc2)cs1. The molecule has 6 nitrogen and oxygen atoms in total. The van der Waals surface area contributed by atoms with Crippen LogP contribution in [0.4, 0.5) is 5.69 Å². The van der Waals surface area contributed by atoms with Gasteiger partial charge in [0.2, 0.25) is 10.0 Å². The quantitative estimate of drug-likeness (QED) is 0.636. The van der Waals surface area contributed by atoms with Gasteiger partial charge in [0.05, 0.1) is 22.6 Å². The minimum Gasteiger partial charge on any atom is -0.352 e. The molecule has 0 atom stereocenters. The van der Waals surface area contributed by atoms with Crippen molar-refractivity contribution in [2.75, 3.05) is 23.7 Å². The van der Waals surface area contributed by atoms with E-state index in [9.17, 15) is 13.2 Å². The van der Waals surface area contributed by atoms with Gasteiger partial charge in [-0.2, -0.15) is 0 Å². The highest BCUT2D eigenvalue weighted by Gasteiger charge is 2.26. The van der Waals surface area contributed by atoms with Gasteiger partial charge >= 0.3 is 0 Å². The van der Waals surface area contributed by atoms with Crippen LogP contribution in [0.5, 0.6) is 0 Å². The van der Waals surface area contributed by atoms with E-state index in [2.05, 4.69) is 39.9 Å². The Morgan fingerprint density at radius 1 is 1.20 bits per heavy atom. The number of hydrogen-bond acceptors (Lipinski definition) is 5. The largest absolute Gasteiger partial charge is 0.352 e.